The smallest absolute Gasteiger partial charge is 0.335 e. The van der Waals surface area contributed by atoms with Crippen molar-refractivity contribution in [2.75, 3.05) is 26.9 Å². The number of aliphatic hydroxyl groups is 5. The van der Waals surface area contributed by atoms with Crippen molar-refractivity contribution in [2.24, 2.45) is 16.0 Å². The molecule has 0 bridgehead atoms. The molecule has 5 fully saturated rings. The van der Waals surface area contributed by atoms with E-state index in [2.05, 4.69) is 20.1 Å². The van der Waals surface area contributed by atoms with Gasteiger partial charge >= 0.3 is 11.9 Å². The lowest BCUT2D eigenvalue weighted by Gasteiger charge is -2.51. The quantitative estimate of drug-likeness (QED) is 0.0152. The summed E-state index contributed by atoms with van der Waals surface area (Å²) in [6, 6.07) is 48.7. The van der Waals surface area contributed by atoms with Gasteiger partial charge in [0.2, 0.25) is 0 Å². The maximum Gasteiger partial charge on any atom is 0.335 e. The monoisotopic (exact) mass is 1460 g/mol. The van der Waals surface area contributed by atoms with Crippen molar-refractivity contribution in [3.63, 3.8) is 0 Å². The van der Waals surface area contributed by atoms with E-state index in [1.54, 1.807) is 133 Å². The van der Waals surface area contributed by atoms with Gasteiger partial charge in [0.15, 0.2) is 43.7 Å². The number of carboxylic acids is 2. The van der Waals surface area contributed by atoms with E-state index in [-0.39, 0.29) is 39.6 Å². The second-order valence-electron chi connectivity index (χ2n) is 25.4. The van der Waals surface area contributed by atoms with Crippen LogP contribution in [0.15, 0.2) is 192 Å². The topological polar surface area (TPSA) is 447 Å². The molecular formula is C73H85N7O25. The molecule has 6 aromatic carbocycles. The van der Waals surface area contributed by atoms with Crippen molar-refractivity contribution in [1.82, 2.24) is 0 Å². The predicted molar refractivity (Wildman–Crippen MR) is 362 cm³/mol. The molecule has 0 saturated carbocycles. The van der Waals surface area contributed by atoms with Crippen LogP contribution in [0, 0.1) is 0 Å². The van der Waals surface area contributed by atoms with Gasteiger partial charge in [0.05, 0.1) is 65.5 Å². The highest BCUT2D eigenvalue weighted by molar-refractivity contribution is 5.74. The average Bonchev–Trinajstić information content (AvgIpc) is 0.764. The molecule has 5 aliphatic rings. The molecule has 6 aromatic rings. The number of hydrogen-bond donors (Lipinski definition) is 8. The van der Waals surface area contributed by atoms with Crippen LogP contribution in [-0.2, 0) is 125 Å². The summed E-state index contributed by atoms with van der Waals surface area (Å²) in [5.74, 6) is -3.35. The molecule has 32 heteroatoms. The first-order chi connectivity index (χ1) is 51.2. The van der Waals surface area contributed by atoms with Gasteiger partial charge in [-0.1, -0.05) is 192 Å². The lowest BCUT2D eigenvalue weighted by molar-refractivity contribution is -0.382. The summed E-state index contributed by atoms with van der Waals surface area (Å²) >= 11 is 0. The Balaban J connectivity index is 0.894. The summed E-state index contributed by atoms with van der Waals surface area (Å²) in [6.45, 7) is -3.33. The number of rotatable bonds is 34. The summed E-state index contributed by atoms with van der Waals surface area (Å²) in [5, 5.41) is 88.8. The molecule has 5 saturated heterocycles. The van der Waals surface area contributed by atoms with Crippen molar-refractivity contribution < 1.29 is 121 Å². The van der Waals surface area contributed by atoms with Crippen LogP contribution < -0.4 is 5.73 Å². The zero-order valence-electron chi connectivity index (χ0n) is 56.9. The number of nitrogens with zero attached hydrogens (tertiary/aromatic N) is 6. The summed E-state index contributed by atoms with van der Waals surface area (Å²) in [6.07, 6.45) is -37.0. The van der Waals surface area contributed by atoms with Crippen LogP contribution in [0.25, 0.3) is 20.9 Å². The maximum absolute atomic E-state index is 14.0. The van der Waals surface area contributed by atoms with E-state index >= 15 is 0 Å². The Kier molecular flexibility index (Phi) is 28.6. The molecular weight excluding hydrogens is 1370 g/mol. The molecule has 10 unspecified atom stereocenters. The summed E-state index contributed by atoms with van der Waals surface area (Å²) in [4.78, 5) is 33.9. The number of benzene rings is 6. The molecule has 105 heavy (non-hydrogen) atoms. The minimum Gasteiger partial charge on any atom is -0.479 e. The molecule has 0 spiro atoms. The third-order valence-electron chi connectivity index (χ3n) is 18.5. The molecule has 0 amide bonds. The van der Waals surface area contributed by atoms with Crippen molar-refractivity contribution in [3.8, 4) is 0 Å². The van der Waals surface area contributed by atoms with Gasteiger partial charge in [0.1, 0.15) is 104 Å². The number of azide groups is 2. The Morgan fingerprint density at radius 3 is 1.11 bits per heavy atom. The zero-order chi connectivity index (χ0) is 73.8. The van der Waals surface area contributed by atoms with Crippen LogP contribution in [0.3, 0.4) is 0 Å². The summed E-state index contributed by atoms with van der Waals surface area (Å²) in [7, 11) is 1.28. The Bertz CT molecular complexity index is 3720. The van der Waals surface area contributed by atoms with Crippen molar-refractivity contribution in [1.29, 1.82) is 0 Å². The predicted octanol–water partition coefficient (Wildman–Crippen LogP) is 4.86. The SMILES string of the molecule is CO[C@H]1OC(CO)[C@@H](O[C@@H]2OC(C(=O)O)[C@H](O[C@@H]3OC(CO)[C@@H](O[C@@H]4OC(C(=O)O)[C@@H](O[C@H]5OC(CO)[C@@H](OCc6ccccc6)[C@H](OCc6ccccc6)C5N=[N+]=[N-])[C@H](OCc5ccccc5)C4OCc4ccccc4)C(O)[C@@H]3N)[C@@H](OCc3ccccc3)C2O)C(OCc2ccccc2)[C@@H]1N=[N+]=[N-]. The molecule has 9 N–H and O–H groups in total. The molecule has 11 rings (SSSR count). The summed E-state index contributed by atoms with van der Waals surface area (Å²) < 4.78 is 102. The minimum atomic E-state index is -2.15. The Morgan fingerprint density at radius 2 is 0.695 bits per heavy atom. The fourth-order valence-corrected chi connectivity index (χ4v) is 13.2. The molecule has 562 valence electrons. The lowest BCUT2D eigenvalue weighted by Crippen LogP contribution is -2.70. The number of nitrogens with two attached hydrogens (primary N) is 1. The molecule has 5 aliphatic heterocycles. The summed E-state index contributed by atoms with van der Waals surface area (Å²) in [5.41, 5.74) is 30.8. The number of ether oxygens (including phenoxy) is 16. The van der Waals surface area contributed by atoms with Crippen molar-refractivity contribution >= 4 is 11.9 Å². The number of aliphatic hydroxyl groups excluding tert-OH is 5. The van der Waals surface area contributed by atoms with Gasteiger partial charge in [0.25, 0.3) is 0 Å². The normalized spacial score (nSPS) is 33.3. The molecule has 25 atom stereocenters. The molecule has 0 aliphatic carbocycles. The van der Waals surface area contributed by atoms with Crippen LogP contribution in [0.5, 0.6) is 0 Å². The largest absolute Gasteiger partial charge is 0.479 e. The number of carboxylic acid groups (broad SMARTS) is 2. The van der Waals surface area contributed by atoms with Crippen molar-refractivity contribution in [2.45, 2.75) is 193 Å². The third kappa shape index (κ3) is 19.6. The number of aliphatic carboxylic acids is 2. The number of carbonyl (C=O) groups is 2. The van der Waals surface area contributed by atoms with E-state index < -0.39 is 185 Å². The van der Waals surface area contributed by atoms with E-state index in [0.29, 0.717) is 27.8 Å². The fraction of sp³-hybridized carbons (Fsp3) is 0.479. The number of hydrogen-bond acceptors (Lipinski definition) is 26. The fourth-order valence-electron chi connectivity index (χ4n) is 13.2. The molecule has 32 nitrogen and oxygen atoms in total. The standard InChI is InChI=1S/C73H85N7O25/c1-90-70-51(77-79-75)59(93-37-43-24-12-4-13-25-43)57(49(34-83)98-70)101-72-54(85)60(94-38-44-26-14-5-15-27-44)62(64(104-72)67(86)87)102-69-50(74)53(84)55(47(32-81)97-69)100-73-66(96-40-46-30-18-7-19-31-46)61(95-39-45-28-16-6-17-29-45)63(65(105-73)68(88)89)103-71-52(78-80-76)58(92-36-42-22-10-3-11-23-42)56(48(33-82)99-71)91-35-41-20-8-2-9-21-41/h2-31,47-66,69-73,81-85H,32-40,74H2,1H3,(H,86,87)(H,88,89)/t47?,48?,49?,50-,51-,52?,53?,54?,55+,56+,57+,58+,59?,60-,61-,62+,63-,64?,65?,66?,69-,70-,71+,72+,73+/m0/s1. The first kappa shape index (κ1) is 78.1. The lowest BCUT2D eigenvalue weighted by atomic mass is 9.94. The van der Waals surface area contributed by atoms with Gasteiger partial charge < -0.3 is 117 Å². The Morgan fingerprint density at radius 1 is 0.381 bits per heavy atom. The van der Waals surface area contributed by atoms with Gasteiger partial charge in [-0.2, -0.15) is 0 Å². The first-order valence-corrected chi connectivity index (χ1v) is 34.1. The van der Waals surface area contributed by atoms with Crippen LogP contribution >= 0.6 is 0 Å². The van der Waals surface area contributed by atoms with Gasteiger partial charge in [0, 0.05) is 16.9 Å². The Labute approximate surface area is 602 Å². The molecule has 5 heterocycles. The van der Waals surface area contributed by atoms with E-state index in [1.165, 1.54) is 7.11 Å². The van der Waals surface area contributed by atoms with Gasteiger partial charge in [-0.05, 0) is 44.4 Å². The van der Waals surface area contributed by atoms with E-state index in [1.807, 2.05) is 48.5 Å². The highest BCUT2D eigenvalue weighted by Gasteiger charge is 2.60. The van der Waals surface area contributed by atoms with Gasteiger partial charge in [-0.15, -0.1) is 0 Å². The van der Waals surface area contributed by atoms with Crippen molar-refractivity contribution in [3.05, 3.63) is 236 Å². The highest BCUT2D eigenvalue weighted by atomic mass is 16.8. The van der Waals surface area contributed by atoms with Crippen LogP contribution in [0.2, 0.25) is 0 Å². The number of methoxy groups -OCH3 is 1. The first-order valence-electron chi connectivity index (χ1n) is 34.1. The van der Waals surface area contributed by atoms with E-state index in [4.69, 9.17) is 81.5 Å². The van der Waals surface area contributed by atoms with Crippen LogP contribution in [-0.4, -0.2) is 228 Å². The zero-order valence-corrected chi connectivity index (χ0v) is 56.9. The molecule has 0 aromatic heterocycles. The van der Waals surface area contributed by atoms with E-state index in [9.17, 15) is 56.4 Å². The second-order valence-corrected chi connectivity index (χ2v) is 25.4. The van der Waals surface area contributed by atoms with E-state index in [0.717, 1.165) is 5.56 Å². The Hall–Kier alpha value is -8.00. The maximum atomic E-state index is 14.0. The molecule has 0 radical (unpaired) electrons. The highest BCUT2D eigenvalue weighted by Crippen LogP contribution is 2.40. The van der Waals surface area contributed by atoms with Gasteiger partial charge in [-0.25, -0.2) is 9.59 Å². The van der Waals surface area contributed by atoms with Gasteiger partial charge in [-0.3, -0.25) is 0 Å². The van der Waals surface area contributed by atoms with Crippen LogP contribution in [0.4, 0.5) is 0 Å². The minimum absolute atomic E-state index is 0.00140. The third-order valence-corrected chi connectivity index (χ3v) is 18.5. The average molecular weight is 1460 g/mol. The van der Waals surface area contributed by atoms with Crippen LogP contribution in [0.1, 0.15) is 33.4 Å². The second kappa shape index (κ2) is 38.5.